The van der Waals surface area contributed by atoms with Crippen molar-refractivity contribution in [1.82, 2.24) is 14.4 Å². The number of hydrogen-bond donors (Lipinski definition) is 0. The highest BCUT2D eigenvalue weighted by atomic mass is 32.1. The van der Waals surface area contributed by atoms with Crippen LogP contribution in [0.5, 0.6) is 0 Å². The molecule has 6 aromatic heterocycles. The molecule has 9 aromatic rings. The first-order valence-corrected chi connectivity index (χ1v) is 12.6. The molecule has 0 saturated carbocycles. The molecule has 0 bridgehead atoms. The highest BCUT2D eigenvalue weighted by Crippen LogP contribution is 2.47. The first-order valence-electron chi connectivity index (χ1n) is 10.9. The van der Waals surface area contributed by atoms with E-state index in [1.165, 1.54) is 56.6 Å². The van der Waals surface area contributed by atoms with Crippen LogP contribution in [0, 0.1) is 0 Å². The summed E-state index contributed by atoms with van der Waals surface area (Å²) in [6.07, 6.45) is 4.12. The Kier molecular flexibility index (Phi) is 2.83. The van der Waals surface area contributed by atoms with Crippen LogP contribution in [-0.2, 0) is 0 Å². The summed E-state index contributed by atoms with van der Waals surface area (Å²) in [7, 11) is 0. The maximum Gasteiger partial charge on any atom is 0.0896 e. The van der Waals surface area contributed by atoms with Crippen LogP contribution in [0.1, 0.15) is 0 Å². The molecular formula is C28H13N3S2. The fourth-order valence-electron chi connectivity index (χ4n) is 5.69. The number of para-hydroxylation sites is 1. The molecule has 5 heteroatoms. The minimum absolute atomic E-state index is 1.10. The van der Waals surface area contributed by atoms with Crippen molar-refractivity contribution in [2.45, 2.75) is 0 Å². The third kappa shape index (κ3) is 1.85. The summed E-state index contributed by atoms with van der Waals surface area (Å²) in [6, 6.07) is 23.9. The molecule has 9 rings (SSSR count). The first-order chi connectivity index (χ1) is 16.4. The standard InChI is InChI=1S/C28H13N3S2/c1-3-10-20-14(6-1)24-27(32-20)22-16-8-5-9-17-23-19(31(26(16)17)18(22)12-29-24)13-30-25-15-7-2-4-11-21(15)33-28(23)25/h1-13H. The summed E-state index contributed by atoms with van der Waals surface area (Å²) in [6.45, 7) is 0. The van der Waals surface area contributed by atoms with Gasteiger partial charge in [-0.25, -0.2) is 0 Å². The van der Waals surface area contributed by atoms with Gasteiger partial charge in [-0.3, -0.25) is 9.97 Å². The molecule has 0 fully saturated rings. The van der Waals surface area contributed by atoms with Crippen molar-refractivity contribution >= 4 is 101 Å². The lowest BCUT2D eigenvalue weighted by atomic mass is 10.1. The van der Waals surface area contributed by atoms with Crippen LogP contribution in [0.15, 0.2) is 79.1 Å². The minimum atomic E-state index is 1.10. The highest BCUT2D eigenvalue weighted by Gasteiger charge is 2.23. The van der Waals surface area contributed by atoms with Crippen molar-refractivity contribution in [1.29, 1.82) is 0 Å². The molecule has 0 spiro atoms. The molecule has 0 N–H and O–H groups in total. The number of nitrogens with zero attached hydrogens (tertiary/aromatic N) is 3. The fourth-order valence-corrected chi connectivity index (χ4v) is 8.12. The molecule has 0 unspecified atom stereocenters. The zero-order valence-corrected chi connectivity index (χ0v) is 18.8. The van der Waals surface area contributed by atoms with Crippen LogP contribution >= 0.6 is 22.7 Å². The average molecular weight is 456 g/mol. The molecule has 0 aliphatic heterocycles. The summed E-state index contributed by atoms with van der Waals surface area (Å²) in [5, 5.41) is 7.68. The maximum absolute atomic E-state index is 4.97. The molecular weight excluding hydrogens is 442 g/mol. The number of benzene rings is 3. The third-order valence-corrected chi connectivity index (χ3v) is 9.37. The number of fused-ring (bicyclic) bond motifs is 14. The first kappa shape index (κ1) is 16.8. The van der Waals surface area contributed by atoms with Crippen molar-refractivity contribution in [3.63, 3.8) is 0 Å². The number of pyridine rings is 2. The Bertz CT molecular complexity index is 2090. The molecule has 3 nitrogen and oxygen atoms in total. The highest BCUT2D eigenvalue weighted by molar-refractivity contribution is 7.27. The average Bonchev–Trinajstić information content (AvgIpc) is 3.59. The summed E-state index contributed by atoms with van der Waals surface area (Å²) in [5.41, 5.74) is 5.81. The van der Waals surface area contributed by atoms with Crippen LogP contribution in [0.2, 0.25) is 0 Å². The molecule has 0 aliphatic rings. The smallest absolute Gasteiger partial charge is 0.0896 e. The summed E-state index contributed by atoms with van der Waals surface area (Å²) >= 11 is 3.69. The zero-order valence-electron chi connectivity index (χ0n) is 17.2. The molecule has 0 saturated heterocycles. The molecule has 3 aromatic carbocycles. The van der Waals surface area contributed by atoms with Crippen molar-refractivity contribution in [3.05, 3.63) is 79.1 Å². The van der Waals surface area contributed by atoms with E-state index in [2.05, 4.69) is 83.5 Å². The van der Waals surface area contributed by atoms with Gasteiger partial charge in [0.15, 0.2) is 0 Å². The van der Waals surface area contributed by atoms with E-state index in [1.807, 2.05) is 22.7 Å². The van der Waals surface area contributed by atoms with Gasteiger partial charge in [0.2, 0.25) is 0 Å². The van der Waals surface area contributed by atoms with Gasteiger partial charge < -0.3 is 4.40 Å². The van der Waals surface area contributed by atoms with Gasteiger partial charge in [-0.1, -0.05) is 54.6 Å². The SMILES string of the molecule is c1ccc2c(c1)sc1c2ncc2c1c1cccc3c4c5sc6ccccc6c5ncc4n2c13. The number of thiophene rings is 2. The van der Waals surface area contributed by atoms with Crippen molar-refractivity contribution < 1.29 is 0 Å². The van der Waals surface area contributed by atoms with Gasteiger partial charge in [0.25, 0.3) is 0 Å². The number of rotatable bonds is 0. The van der Waals surface area contributed by atoms with Gasteiger partial charge in [0.1, 0.15) is 0 Å². The van der Waals surface area contributed by atoms with Gasteiger partial charge >= 0.3 is 0 Å². The van der Waals surface area contributed by atoms with E-state index in [4.69, 9.17) is 9.97 Å². The molecule has 0 amide bonds. The fraction of sp³-hybridized carbons (Fsp3) is 0. The van der Waals surface area contributed by atoms with Gasteiger partial charge in [-0.15, -0.1) is 22.7 Å². The second-order valence-corrected chi connectivity index (χ2v) is 10.7. The predicted octanol–water partition coefficient (Wildman–Crippen LogP) is 8.36. The monoisotopic (exact) mass is 455 g/mol. The third-order valence-electron chi connectivity index (χ3n) is 7.02. The quantitative estimate of drug-likeness (QED) is 0.230. The second-order valence-electron chi connectivity index (χ2n) is 8.63. The minimum Gasteiger partial charge on any atom is -0.305 e. The van der Waals surface area contributed by atoms with Crippen LogP contribution in [0.4, 0.5) is 0 Å². The summed E-state index contributed by atoms with van der Waals surface area (Å²) < 4.78 is 7.51. The van der Waals surface area contributed by atoms with Crippen LogP contribution in [0.3, 0.4) is 0 Å². The Morgan fingerprint density at radius 3 is 1.58 bits per heavy atom. The van der Waals surface area contributed by atoms with Crippen molar-refractivity contribution in [2.75, 3.05) is 0 Å². The molecule has 0 radical (unpaired) electrons. The van der Waals surface area contributed by atoms with E-state index in [9.17, 15) is 0 Å². The van der Waals surface area contributed by atoms with E-state index >= 15 is 0 Å². The predicted molar refractivity (Wildman–Crippen MR) is 142 cm³/mol. The second kappa shape index (κ2) is 5.57. The van der Waals surface area contributed by atoms with Gasteiger partial charge in [-0.05, 0) is 12.1 Å². The van der Waals surface area contributed by atoms with Crippen LogP contribution < -0.4 is 0 Å². The van der Waals surface area contributed by atoms with Gasteiger partial charge in [-0.2, -0.15) is 0 Å². The summed E-state index contributed by atoms with van der Waals surface area (Å²) in [5.74, 6) is 0. The Morgan fingerprint density at radius 1 is 0.545 bits per heavy atom. The number of aromatic nitrogens is 3. The van der Waals surface area contributed by atoms with Crippen molar-refractivity contribution in [3.8, 4) is 0 Å². The lowest BCUT2D eigenvalue weighted by Gasteiger charge is -1.99. The Balaban J connectivity index is 1.58. The Morgan fingerprint density at radius 2 is 1.03 bits per heavy atom. The maximum atomic E-state index is 4.97. The van der Waals surface area contributed by atoms with Crippen LogP contribution in [0.25, 0.3) is 78.7 Å². The number of hydrogen-bond acceptors (Lipinski definition) is 4. The van der Waals surface area contributed by atoms with Crippen LogP contribution in [-0.4, -0.2) is 14.4 Å². The van der Waals surface area contributed by atoms with Crippen molar-refractivity contribution in [2.24, 2.45) is 0 Å². The van der Waals surface area contributed by atoms with E-state index in [0.717, 1.165) is 22.1 Å². The molecule has 152 valence electrons. The Hall–Kier alpha value is -3.80. The van der Waals surface area contributed by atoms with Gasteiger partial charge in [0.05, 0.1) is 49.4 Å². The topological polar surface area (TPSA) is 30.2 Å². The molecule has 33 heavy (non-hydrogen) atoms. The Labute approximate surface area is 194 Å². The van der Waals surface area contributed by atoms with E-state index in [0.29, 0.717) is 0 Å². The van der Waals surface area contributed by atoms with E-state index < -0.39 is 0 Å². The molecule has 0 atom stereocenters. The molecule has 0 aliphatic carbocycles. The lowest BCUT2D eigenvalue weighted by Crippen LogP contribution is -1.84. The summed E-state index contributed by atoms with van der Waals surface area (Å²) in [4.78, 5) is 9.93. The normalized spacial score (nSPS) is 12.8. The molecule has 6 heterocycles. The lowest BCUT2D eigenvalue weighted by molar-refractivity contribution is 1.32. The van der Waals surface area contributed by atoms with E-state index in [1.54, 1.807) is 0 Å². The largest absolute Gasteiger partial charge is 0.305 e. The zero-order chi connectivity index (χ0) is 21.3. The van der Waals surface area contributed by atoms with E-state index in [-0.39, 0.29) is 0 Å². The van der Waals surface area contributed by atoms with Gasteiger partial charge in [0, 0.05) is 41.7 Å².